The molecule has 12 heteroatoms. The van der Waals surface area contributed by atoms with Crippen LogP contribution < -0.4 is 9.62 Å². The number of halogens is 4. The highest BCUT2D eigenvalue weighted by atomic mass is 35.5. The molecule has 2 amide bonds. The molecule has 41 heavy (non-hydrogen) atoms. The van der Waals surface area contributed by atoms with Crippen LogP contribution in [-0.2, 0) is 26.2 Å². The maximum absolute atomic E-state index is 14.0. The summed E-state index contributed by atoms with van der Waals surface area (Å²) in [6, 6.07) is 16.1. The summed E-state index contributed by atoms with van der Waals surface area (Å²) in [5.41, 5.74) is 0.773. The van der Waals surface area contributed by atoms with Gasteiger partial charge < -0.3 is 10.2 Å². The fourth-order valence-corrected chi connectivity index (χ4v) is 6.74. The molecule has 0 aromatic heterocycles. The van der Waals surface area contributed by atoms with E-state index in [4.69, 9.17) is 46.4 Å². The highest BCUT2D eigenvalue weighted by Crippen LogP contribution is 2.31. The highest BCUT2D eigenvalue weighted by molar-refractivity contribution is 7.92. The smallest absolute Gasteiger partial charge is 0.264 e. The summed E-state index contributed by atoms with van der Waals surface area (Å²) in [6.45, 7) is 1.02. The van der Waals surface area contributed by atoms with E-state index >= 15 is 0 Å². The second-order valence-electron chi connectivity index (χ2n) is 9.86. The molecule has 1 atom stereocenters. The van der Waals surface area contributed by atoms with Crippen LogP contribution in [0.25, 0.3) is 0 Å². The van der Waals surface area contributed by atoms with Crippen molar-refractivity contribution >= 4 is 73.9 Å². The Morgan fingerprint density at radius 3 is 2.10 bits per heavy atom. The van der Waals surface area contributed by atoms with E-state index in [2.05, 4.69) is 5.32 Å². The van der Waals surface area contributed by atoms with Crippen LogP contribution in [0, 0.1) is 0 Å². The van der Waals surface area contributed by atoms with Crippen LogP contribution in [0.15, 0.2) is 71.6 Å². The lowest BCUT2D eigenvalue weighted by molar-refractivity contribution is -0.139. The standard InChI is InChI=1S/C29H29Cl4N3O4S/c1-19(29(38)34-21-7-5-6-8-21)35(17-20-11-13-24(30)26(32)15-20)28(37)18-36(22-12-14-25(31)27(33)16-22)41(39,40)23-9-3-2-4-10-23/h2-4,9-16,19,21H,5-8,17-18H2,1H3,(H,34,38)/t19-/m1/s1. The molecule has 0 unspecified atom stereocenters. The second-order valence-corrected chi connectivity index (χ2v) is 13.4. The number of benzene rings is 3. The Bertz CT molecular complexity index is 1520. The molecule has 0 heterocycles. The molecule has 3 aromatic carbocycles. The van der Waals surface area contributed by atoms with Crippen LogP contribution >= 0.6 is 46.4 Å². The molecule has 4 rings (SSSR count). The number of hydrogen-bond donors (Lipinski definition) is 1. The van der Waals surface area contributed by atoms with Gasteiger partial charge in [0.2, 0.25) is 11.8 Å². The molecule has 218 valence electrons. The molecule has 7 nitrogen and oxygen atoms in total. The topological polar surface area (TPSA) is 86.8 Å². The Kier molecular flexibility index (Phi) is 10.5. The fourth-order valence-electron chi connectivity index (χ4n) is 4.70. The Labute approximate surface area is 260 Å². The maximum atomic E-state index is 14.0. The van der Waals surface area contributed by atoms with Crippen LogP contribution in [0.3, 0.4) is 0 Å². The first-order chi connectivity index (χ1) is 19.5. The number of rotatable bonds is 10. The Hall–Kier alpha value is -2.49. The van der Waals surface area contributed by atoms with Gasteiger partial charge in [0.05, 0.1) is 30.7 Å². The van der Waals surface area contributed by atoms with Gasteiger partial charge in [-0.3, -0.25) is 13.9 Å². The van der Waals surface area contributed by atoms with Gasteiger partial charge in [0.25, 0.3) is 10.0 Å². The van der Waals surface area contributed by atoms with Crippen LogP contribution in [-0.4, -0.2) is 43.8 Å². The van der Waals surface area contributed by atoms with E-state index in [0.717, 1.165) is 30.0 Å². The predicted octanol–water partition coefficient (Wildman–Crippen LogP) is 6.97. The minimum absolute atomic E-state index is 0.00439. The van der Waals surface area contributed by atoms with E-state index in [-0.39, 0.29) is 39.1 Å². The molecule has 0 aliphatic heterocycles. The van der Waals surface area contributed by atoms with Crippen molar-refractivity contribution in [3.63, 3.8) is 0 Å². The van der Waals surface area contributed by atoms with E-state index in [1.54, 1.807) is 43.3 Å². The van der Waals surface area contributed by atoms with E-state index in [0.29, 0.717) is 15.6 Å². The van der Waals surface area contributed by atoms with Crippen LogP contribution in [0.4, 0.5) is 5.69 Å². The van der Waals surface area contributed by atoms with Crippen LogP contribution in [0.2, 0.25) is 20.1 Å². The minimum atomic E-state index is -4.22. The Balaban J connectivity index is 1.70. The van der Waals surface area contributed by atoms with Gasteiger partial charge in [-0.25, -0.2) is 8.42 Å². The average molecular weight is 657 g/mol. The first kappa shape index (κ1) is 31.4. The van der Waals surface area contributed by atoms with Crippen LogP contribution in [0.5, 0.6) is 0 Å². The molecule has 0 spiro atoms. The summed E-state index contributed by atoms with van der Waals surface area (Å²) in [4.78, 5) is 28.6. The summed E-state index contributed by atoms with van der Waals surface area (Å²) in [7, 11) is -4.22. The largest absolute Gasteiger partial charge is 0.352 e. The Morgan fingerprint density at radius 1 is 0.878 bits per heavy atom. The van der Waals surface area contributed by atoms with Gasteiger partial charge in [-0.05, 0) is 67.8 Å². The third-order valence-corrected chi connectivity index (χ3v) is 10.3. The minimum Gasteiger partial charge on any atom is -0.352 e. The van der Waals surface area contributed by atoms with Gasteiger partial charge in [-0.1, -0.05) is 83.5 Å². The molecule has 1 N–H and O–H groups in total. The number of nitrogens with zero attached hydrogens (tertiary/aromatic N) is 2. The fraction of sp³-hybridized carbons (Fsp3) is 0.310. The van der Waals surface area contributed by atoms with Gasteiger partial charge >= 0.3 is 0 Å². The summed E-state index contributed by atoms with van der Waals surface area (Å²) in [5, 5.41) is 4.03. The van der Waals surface area contributed by atoms with Crippen molar-refractivity contribution in [2.75, 3.05) is 10.8 Å². The molecule has 0 bridgehead atoms. The average Bonchev–Trinajstić information content (AvgIpc) is 3.46. The SMILES string of the molecule is C[C@H](C(=O)NC1CCCC1)N(Cc1ccc(Cl)c(Cl)c1)C(=O)CN(c1ccc(Cl)c(Cl)c1)S(=O)(=O)c1ccccc1. The maximum Gasteiger partial charge on any atom is 0.264 e. The Morgan fingerprint density at radius 2 is 1.49 bits per heavy atom. The molecule has 3 aromatic rings. The number of carbonyl (C=O) groups excluding carboxylic acids is 2. The summed E-state index contributed by atoms with van der Waals surface area (Å²) in [6.07, 6.45) is 3.81. The normalized spacial score (nSPS) is 14.5. The summed E-state index contributed by atoms with van der Waals surface area (Å²) in [5.74, 6) is -0.923. The van der Waals surface area contributed by atoms with Gasteiger partial charge in [-0.2, -0.15) is 0 Å². The van der Waals surface area contributed by atoms with E-state index in [1.165, 1.54) is 35.2 Å². The van der Waals surface area contributed by atoms with E-state index in [9.17, 15) is 18.0 Å². The lowest BCUT2D eigenvalue weighted by Crippen LogP contribution is -2.52. The molecule has 1 saturated carbocycles. The molecule has 1 fully saturated rings. The zero-order valence-electron chi connectivity index (χ0n) is 22.2. The van der Waals surface area contributed by atoms with E-state index < -0.39 is 28.5 Å². The number of nitrogens with one attached hydrogen (secondary N) is 1. The molecular weight excluding hydrogens is 628 g/mol. The summed E-state index contributed by atoms with van der Waals surface area (Å²) >= 11 is 24.6. The molecular formula is C29H29Cl4N3O4S. The number of anilines is 1. The first-order valence-electron chi connectivity index (χ1n) is 13.0. The first-order valence-corrected chi connectivity index (χ1v) is 16.0. The van der Waals surface area contributed by atoms with Gasteiger partial charge in [0.15, 0.2) is 0 Å². The third kappa shape index (κ3) is 7.67. The molecule has 0 saturated heterocycles. The van der Waals surface area contributed by atoms with Crippen molar-refractivity contribution < 1.29 is 18.0 Å². The van der Waals surface area contributed by atoms with Crippen molar-refractivity contribution in [2.45, 2.75) is 56.1 Å². The summed E-state index contributed by atoms with van der Waals surface area (Å²) < 4.78 is 28.6. The van der Waals surface area contributed by atoms with Crippen molar-refractivity contribution in [2.24, 2.45) is 0 Å². The van der Waals surface area contributed by atoms with Crippen molar-refractivity contribution in [1.29, 1.82) is 0 Å². The molecule has 0 radical (unpaired) electrons. The number of hydrogen-bond acceptors (Lipinski definition) is 4. The monoisotopic (exact) mass is 655 g/mol. The van der Waals surface area contributed by atoms with Gasteiger partial charge in [-0.15, -0.1) is 0 Å². The van der Waals surface area contributed by atoms with Gasteiger partial charge in [0, 0.05) is 12.6 Å². The van der Waals surface area contributed by atoms with Crippen molar-refractivity contribution in [3.05, 3.63) is 92.4 Å². The lowest BCUT2D eigenvalue weighted by Gasteiger charge is -2.32. The number of carbonyl (C=O) groups is 2. The molecule has 1 aliphatic carbocycles. The second kappa shape index (κ2) is 13.7. The quantitative estimate of drug-likeness (QED) is 0.255. The number of sulfonamides is 1. The molecule has 1 aliphatic rings. The van der Waals surface area contributed by atoms with Gasteiger partial charge in [0.1, 0.15) is 12.6 Å². The lowest BCUT2D eigenvalue weighted by atomic mass is 10.1. The number of amides is 2. The zero-order chi connectivity index (χ0) is 29.7. The predicted molar refractivity (Wildman–Crippen MR) is 164 cm³/mol. The third-order valence-electron chi connectivity index (χ3n) is 7.01. The van der Waals surface area contributed by atoms with Crippen molar-refractivity contribution in [1.82, 2.24) is 10.2 Å². The highest BCUT2D eigenvalue weighted by Gasteiger charge is 2.33. The van der Waals surface area contributed by atoms with Crippen LogP contribution in [0.1, 0.15) is 38.2 Å². The van der Waals surface area contributed by atoms with E-state index in [1.807, 2.05) is 0 Å². The van der Waals surface area contributed by atoms with Crippen molar-refractivity contribution in [3.8, 4) is 0 Å². The zero-order valence-corrected chi connectivity index (χ0v) is 26.0.